The number of alkyl halides is 1. The second kappa shape index (κ2) is 5.62. The first-order valence-electron chi connectivity index (χ1n) is 6.21. The molecule has 1 amide bonds. The van der Waals surface area contributed by atoms with Crippen molar-refractivity contribution in [3.05, 3.63) is 34.3 Å². The zero-order valence-corrected chi connectivity index (χ0v) is 12.8. The Labute approximate surface area is 121 Å². The lowest BCUT2D eigenvalue weighted by atomic mass is 10.00. The number of aryl methyl sites for hydroxylation is 1. The summed E-state index contributed by atoms with van der Waals surface area (Å²) in [4.78, 5) is 12.2. The first-order valence-corrected chi connectivity index (χ1v) is 7.71. The minimum Gasteiger partial charge on any atom is -0.346 e. The van der Waals surface area contributed by atoms with Gasteiger partial charge >= 0.3 is 0 Å². The molecule has 1 fully saturated rings. The van der Waals surface area contributed by atoms with E-state index in [2.05, 4.69) is 21.2 Å². The molecular weight excluding hydrogens is 314 g/mol. The second-order valence-electron chi connectivity index (χ2n) is 5.04. The smallest absolute Gasteiger partial charge is 0.251 e. The molecule has 2 rings (SSSR count). The molecule has 0 radical (unpaired) electrons. The van der Waals surface area contributed by atoms with Crippen LogP contribution in [0.2, 0.25) is 5.02 Å². The molecule has 1 aliphatic rings. The summed E-state index contributed by atoms with van der Waals surface area (Å²) in [6.07, 6.45) is 4.45. The van der Waals surface area contributed by atoms with Gasteiger partial charge < -0.3 is 5.32 Å². The van der Waals surface area contributed by atoms with Crippen molar-refractivity contribution in [1.82, 2.24) is 5.32 Å². The minimum absolute atomic E-state index is 0.0294. The fraction of sp³-hybridized carbons (Fsp3) is 0.500. The molecule has 0 saturated heterocycles. The third-order valence-electron chi connectivity index (χ3n) is 3.63. The van der Waals surface area contributed by atoms with Crippen molar-refractivity contribution in [2.75, 3.05) is 5.33 Å². The quantitative estimate of drug-likeness (QED) is 0.831. The van der Waals surface area contributed by atoms with Crippen LogP contribution in [-0.2, 0) is 0 Å². The van der Waals surface area contributed by atoms with E-state index in [0.717, 1.165) is 23.7 Å². The molecule has 0 aliphatic heterocycles. The minimum atomic E-state index is -0.0750. The van der Waals surface area contributed by atoms with Crippen LogP contribution in [0.25, 0.3) is 0 Å². The van der Waals surface area contributed by atoms with Gasteiger partial charge in [-0.2, -0.15) is 0 Å². The summed E-state index contributed by atoms with van der Waals surface area (Å²) < 4.78 is 0. The number of hydrogen-bond acceptors (Lipinski definition) is 1. The summed E-state index contributed by atoms with van der Waals surface area (Å²) in [5.41, 5.74) is 1.55. The SMILES string of the molecule is Cc1ccc(C(=O)NC2(CBr)CCCC2)cc1Cl. The number of carbonyl (C=O) groups excluding carboxylic acids is 1. The Kier molecular flexibility index (Phi) is 4.33. The number of benzene rings is 1. The molecule has 2 nitrogen and oxygen atoms in total. The van der Waals surface area contributed by atoms with Gasteiger partial charge in [0.05, 0.1) is 5.54 Å². The Hall–Kier alpha value is -0.540. The highest BCUT2D eigenvalue weighted by atomic mass is 79.9. The van der Waals surface area contributed by atoms with Crippen LogP contribution in [0.1, 0.15) is 41.6 Å². The summed E-state index contributed by atoms with van der Waals surface area (Å²) in [5, 5.41) is 4.61. The van der Waals surface area contributed by atoms with Crippen LogP contribution in [0, 0.1) is 6.92 Å². The third kappa shape index (κ3) is 2.89. The highest BCUT2D eigenvalue weighted by Gasteiger charge is 2.34. The van der Waals surface area contributed by atoms with Crippen LogP contribution < -0.4 is 5.32 Å². The molecule has 0 atom stereocenters. The molecule has 0 spiro atoms. The van der Waals surface area contributed by atoms with E-state index < -0.39 is 0 Å². The van der Waals surface area contributed by atoms with Crippen molar-refractivity contribution in [2.24, 2.45) is 0 Å². The first kappa shape index (κ1) is 13.9. The van der Waals surface area contributed by atoms with Crippen molar-refractivity contribution in [2.45, 2.75) is 38.1 Å². The lowest BCUT2D eigenvalue weighted by molar-refractivity contribution is 0.0910. The van der Waals surface area contributed by atoms with E-state index in [1.54, 1.807) is 6.07 Å². The predicted molar refractivity (Wildman–Crippen MR) is 78.6 cm³/mol. The van der Waals surface area contributed by atoms with Gasteiger partial charge in [0.25, 0.3) is 5.91 Å². The van der Waals surface area contributed by atoms with E-state index in [1.165, 1.54) is 12.8 Å². The predicted octanol–water partition coefficient (Wildman–Crippen LogP) is 4.09. The average molecular weight is 331 g/mol. The molecular formula is C14H17BrClNO. The van der Waals surface area contributed by atoms with E-state index in [1.807, 2.05) is 19.1 Å². The monoisotopic (exact) mass is 329 g/mol. The summed E-state index contributed by atoms with van der Waals surface area (Å²) >= 11 is 9.57. The van der Waals surface area contributed by atoms with E-state index in [4.69, 9.17) is 11.6 Å². The number of hydrogen-bond donors (Lipinski definition) is 1. The van der Waals surface area contributed by atoms with Gasteiger partial charge in [-0.3, -0.25) is 4.79 Å². The van der Waals surface area contributed by atoms with Gasteiger partial charge in [0.1, 0.15) is 0 Å². The third-order valence-corrected chi connectivity index (χ3v) is 5.11. The molecule has 1 aromatic rings. The Bertz CT molecular complexity index is 455. The van der Waals surface area contributed by atoms with Gasteiger partial charge in [-0.1, -0.05) is 46.4 Å². The van der Waals surface area contributed by atoms with Crippen LogP contribution in [0.3, 0.4) is 0 Å². The lowest BCUT2D eigenvalue weighted by Crippen LogP contribution is -2.47. The van der Waals surface area contributed by atoms with Crippen molar-refractivity contribution < 1.29 is 4.79 Å². The molecule has 1 saturated carbocycles. The van der Waals surface area contributed by atoms with Gasteiger partial charge in [-0.15, -0.1) is 0 Å². The largest absolute Gasteiger partial charge is 0.346 e. The van der Waals surface area contributed by atoms with E-state index >= 15 is 0 Å². The van der Waals surface area contributed by atoms with E-state index in [0.29, 0.717) is 10.6 Å². The maximum absolute atomic E-state index is 12.2. The van der Waals surface area contributed by atoms with Crippen LogP contribution >= 0.6 is 27.5 Å². The Morgan fingerprint density at radius 2 is 2.11 bits per heavy atom. The summed E-state index contributed by atoms with van der Waals surface area (Å²) in [7, 11) is 0. The highest BCUT2D eigenvalue weighted by Crippen LogP contribution is 2.31. The molecule has 1 aliphatic carbocycles. The lowest BCUT2D eigenvalue weighted by Gasteiger charge is -2.28. The molecule has 0 bridgehead atoms. The second-order valence-corrected chi connectivity index (χ2v) is 6.01. The maximum Gasteiger partial charge on any atom is 0.251 e. The highest BCUT2D eigenvalue weighted by molar-refractivity contribution is 9.09. The normalized spacial score (nSPS) is 17.7. The zero-order chi connectivity index (χ0) is 13.2. The Morgan fingerprint density at radius 3 is 2.67 bits per heavy atom. The van der Waals surface area contributed by atoms with Crippen LogP contribution in [0.5, 0.6) is 0 Å². The van der Waals surface area contributed by atoms with E-state index in [9.17, 15) is 4.79 Å². The van der Waals surface area contributed by atoms with Crippen LogP contribution in [0.4, 0.5) is 0 Å². The number of halogens is 2. The van der Waals surface area contributed by atoms with Gasteiger partial charge in [-0.25, -0.2) is 0 Å². The van der Waals surface area contributed by atoms with Crippen LogP contribution in [-0.4, -0.2) is 16.8 Å². The topological polar surface area (TPSA) is 29.1 Å². The molecule has 0 heterocycles. The standard InChI is InChI=1S/C14H17BrClNO/c1-10-4-5-11(8-12(10)16)13(18)17-14(9-15)6-2-3-7-14/h4-5,8H,2-3,6-7,9H2,1H3,(H,17,18). The van der Waals surface area contributed by atoms with Crippen molar-refractivity contribution >= 4 is 33.4 Å². The van der Waals surface area contributed by atoms with Gasteiger partial charge in [0, 0.05) is 15.9 Å². The molecule has 0 aromatic heterocycles. The van der Waals surface area contributed by atoms with Gasteiger partial charge in [-0.05, 0) is 37.5 Å². The van der Waals surface area contributed by atoms with Crippen molar-refractivity contribution in [3.8, 4) is 0 Å². The molecule has 1 N–H and O–H groups in total. The number of carbonyl (C=O) groups is 1. The van der Waals surface area contributed by atoms with Gasteiger partial charge in [0.2, 0.25) is 0 Å². The molecule has 1 aromatic carbocycles. The average Bonchev–Trinajstić information content (AvgIpc) is 2.82. The van der Waals surface area contributed by atoms with Crippen molar-refractivity contribution in [1.29, 1.82) is 0 Å². The summed E-state index contributed by atoms with van der Waals surface area (Å²) in [6, 6.07) is 5.45. The maximum atomic E-state index is 12.2. The Morgan fingerprint density at radius 1 is 1.44 bits per heavy atom. The fourth-order valence-electron chi connectivity index (χ4n) is 2.39. The number of nitrogens with one attached hydrogen (secondary N) is 1. The number of rotatable bonds is 3. The molecule has 4 heteroatoms. The van der Waals surface area contributed by atoms with E-state index in [-0.39, 0.29) is 11.4 Å². The first-order chi connectivity index (χ1) is 8.56. The fourth-order valence-corrected chi connectivity index (χ4v) is 3.27. The summed E-state index contributed by atoms with van der Waals surface area (Å²) in [5.74, 6) is -0.0294. The van der Waals surface area contributed by atoms with Gasteiger partial charge in [0.15, 0.2) is 0 Å². The van der Waals surface area contributed by atoms with Crippen LogP contribution in [0.15, 0.2) is 18.2 Å². The number of amides is 1. The summed E-state index contributed by atoms with van der Waals surface area (Å²) in [6.45, 7) is 1.93. The zero-order valence-electron chi connectivity index (χ0n) is 10.4. The van der Waals surface area contributed by atoms with Crippen molar-refractivity contribution in [3.63, 3.8) is 0 Å². The molecule has 18 heavy (non-hydrogen) atoms. The molecule has 98 valence electrons. The molecule has 0 unspecified atom stereocenters. The Balaban J connectivity index is 2.13.